The molecule has 26 heavy (non-hydrogen) atoms. The summed E-state index contributed by atoms with van der Waals surface area (Å²) >= 11 is 5.27. The molecule has 0 saturated heterocycles. The van der Waals surface area contributed by atoms with Crippen LogP contribution in [0.15, 0.2) is 34.8 Å². The summed E-state index contributed by atoms with van der Waals surface area (Å²) in [7, 11) is 0. The molecule has 2 aromatic rings. The molecule has 140 valence electrons. The monoisotopic (exact) mass is 535 g/mol. The molecule has 2 nitrogen and oxygen atoms in total. The van der Waals surface area contributed by atoms with Crippen molar-refractivity contribution in [3.05, 3.63) is 55.6 Å². The zero-order valence-corrected chi connectivity index (χ0v) is 18.3. The van der Waals surface area contributed by atoms with E-state index >= 15 is 0 Å². The van der Waals surface area contributed by atoms with Crippen LogP contribution in [-0.4, -0.2) is 6.61 Å². The second kappa shape index (κ2) is 8.97. The molecule has 3 rings (SSSR count). The summed E-state index contributed by atoms with van der Waals surface area (Å²) in [5.41, 5.74) is 1.76. The molecule has 6 heteroatoms. The Balaban J connectivity index is 1.94. The highest BCUT2D eigenvalue weighted by molar-refractivity contribution is 14.1. The smallest absolute Gasteiger partial charge is 0.186 e. The second-order valence-electron chi connectivity index (χ2n) is 6.72. The van der Waals surface area contributed by atoms with Crippen molar-refractivity contribution < 1.29 is 13.6 Å². The van der Waals surface area contributed by atoms with Crippen LogP contribution in [0.1, 0.15) is 37.7 Å². The maximum Gasteiger partial charge on any atom is 0.186 e. The molecule has 0 atom stereocenters. The van der Waals surface area contributed by atoms with Gasteiger partial charge in [0.2, 0.25) is 0 Å². The molecule has 0 aliphatic heterocycles. The van der Waals surface area contributed by atoms with Gasteiger partial charge < -0.3 is 0 Å². The highest BCUT2D eigenvalue weighted by Gasteiger charge is 2.23. The van der Waals surface area contributed by atoms with Crippen LogP contribution < -0.4 is 5.06 Å². The topological polar surface area (TPSA) is 12.5 Å². The number of benzene rings is 2. The maximum atomic E-state index is 14.6. The minimum Gasteiger partial charge on any atom is -0.268 e. The van der Waals surface area contributed by atoms with Crippen LogP contribution in [0.25, 0.3) is 0 Å². The quantitative estimate of drug-likeness (QED) is 0.226. The van der Waals surface area contributed by atoms with Gasteiger partial charge in [0.1, 0.15) is 5.69 Å². The summed E-state index contributed by atoms with van der Waals surface area (Å²) in [5, 5.41) is 1.45. The van der Waals surface area contributed by atoms with Gasteiger partial charge in [-0.25, -0.2) is 13.8 Å². The fraction of sp³-hybridized carbons (Fsp3) is 0.400. The first-order chi connectivity index (χ1) is 12.5. The van der Waals surface area contributed by atoms with Gasteiger partial charge in [-0.1, -0.05) is 19.3 Å². The molecule has 1 fully saturated rings. The highest BCUT2D eigenvalue weighted by Crippen LogP contribution is 2.35. The van der Waals surface area contributed by atoms with Crippen molar-refractivity contribution in [2.24, 2.45) is 5.92 Å². The Labute approximate surface area is 175 Å². The first-order valence-corrected chi connectivity index (χ1v) is 10.7. The Morgan fingerprint density at radius 2 is 1.77 bits per heavy atom. The van der Waals surface area contributed by atoms with Gasteiger partial charge in [0.15, 0.2) is 11.6 Å². The van der Waals surface area contributed by atoms with Crippen LogP contribution in [0.5, 0.6) is 0 Å². The Morgan fingerprint density at radius 3 is 2.46 bits per heavy atom. The van der Waals surface area contributed by atoms with Crippen LogP contribution in [-0.2, 0) is 4.84 Å². The van der Waals surface area contributed by atoms with E-state index in [-0.39, 0.29) is 10.2 Å². The Hall–Kier alpha value is -0.730. The molecular formula is C20H21BrF2INO. The molecule has 0 spiro atoms. The van der Waals surface area contributed by atoms with E-state index in [0.717, 1.165) is 27.7 Å². The number of aryl methyl sites for hydroxylation is 1. The lowest BCUT2D eigenvalue weighted by molar-refractivity contribution is 0.0843. The van der Waals surface area contributed by atoms with Gasteiger partial charge in [0.05, 0.1) is 16.8 Å². The lowest BCUT2D eigenvalue weighted by atomic mass is 9.90. The molecule has 0 amide bonds. The third-order valence-electron chi connectivity index (χ3n) is 4.78. The van der Waals surface area contributed by atoms with Gasteiger partial charge >= 0.3 is 0 Å². The molecule has 0 N–H and O–H groups in total. The third kappa shape index (κ3) is 4.57. The summed E-state index contributed by atoms with van der Waals surface area (Å²) in [6, 6.07) is 8.87. The lowest BCUT2D eigenvalue weighted by Crippen LogP contribution is -2.25. The lowest BCUT2D eigenvalue weighted by Gasteiger charge is -2.29. The number of hydrogen-bond acceptors (Lipinski definition) is 2. The first-order valence-electron chi connectivity index (χ1n) is 8.80. The van der Waals surface area contributed by atoms with E-state index in [1.165, 1.54) is 30.4 Å². The Kier molecular flexibility index (Phi) is 6.91. The molecule has 1 saturated carbocycles. The van der Waals surface area contributed by atoms with Crippen molar-refractivity contribution in [3.63, 3.8) is 0 Å². The predicted molar refractivity (Wildman–Crippen MR) is 113 cm³/mol. The van der Waals surface area contributed by atoms with Crippen molar-refractivity contribution in [2.45, 2.75) is 39.0 Å². The van der Waals surface area contributed by atoms with Crippen molar-refractivity contribution in [3.8, 4) is 0 Å². The summed E-state index contributed by atoms with van der Waals surface area (Å²) in [4.78, 5) is 6.06. The van der Waals surface area contributed by atoms with Gasteiger partial charge in [-0.15, -0.1) is 0 Å². The van der Waals surface area contributed by atoms with E-state index in [2.05, 4.69) is 38.5 Å². The largest absolute Gasteiger partial charge is 0.268 e. The fourth-order valence-electron chi connectivity index (χ4n) is 3.32. The zero-order valence-electron chi connectivity index (χ0n) is 14.6. The second-order valence-corrected chi connectivity index (χ2v) is 8.82. The Bertz CT molecular complexity index is 781. The van der Waals surface area contributed by atoms with Crippen LogP contribution in [0.4, 0.5) is 20.2 Å². The standard InChI is InChI=1S/C20H21BrF2INO/c1-13-11-15(24)7-9-17(13)25(26-12-14-5-3-2-4-6-14)18-10-8-16(21)19(22)20(18)23/h7-11,14H,2-6,12H2,1H3. The average Bonchev–Trinajstić information content (AvgIpc) is 2.63. The fourth-order valence-corrected chi connectivity index (χ4v) is 4.28. The number of nitrogens with zero attached hydrogens (tertiary/aromatic N) is 1. The number of halogens is 4. The molecular weight excluding hydrogens is 515 g/mol. The number of hydrogen-bond donors (Lipinski definition) is 0. The van der Waals surface area contributed by atoms with E-state index in [1.54, 1.807) is 6.07 Å². The molecule has 0 bridgehead atoms. The van der Waals surface area contributed by atoms with Crippen molar-refractivity contribution in [1.29, 1.82) is 0 Å². The average molecular weight is 536 g/mol. The van der Waals surface area contributed by atoms with Crippen LogP contribution in [0.3, 0.4) is 0 Å². The predicted octanol–water partition coefficient (Wildman–Crippen LogP) is 7.29. The maximum absolute atomic E-state index is 14.6. The molecule has 1 aliphatic carbocycles. The van der Waals surface area contributed by atoms with Crippen molar-refractivity contribution in [2.75, 3.05) is 11.7 Å². The van der Waals surface area contributed by atoms with E-state index < -0.39 is 11.6 Å². The molecule has 0 aromatic heterocycles. The molecule has 0 unspecified atom stereocenters. The minimum atomic E-state index is -0.916. The third-order valence-corrected chi connectivity index (χ3v) is 6.06. The van der Waals surface area contributed by atoms with Gasteiger partial charge in [-0.3, -0.25) is 4.84 Å². The van der Waals surface area contributed by atoms with Gasteiger partial charge in [-0.2, -0.15) is 0 Å². The SMILES string of the molecule is Cc1cc(I)ccc1N(OCC1CCCCC1)c1ccc(Br)c(F)c1F. The van der Waals surface area contributed by atoms with Crippen LogP contribution in [0, 0.1) is 28.0 Å². The molecule has 0 heterocycles. The van der Waals surface area contributed by atoms with Crippen LogP contribution >= 0.6 is 38.5 Å². The first kappa shape index (κ1) is 20.0. The molecule has 2 aromatic carbocycles. The Morgan fingerprint density at radius 1 is 1.08 bits per heavy atom. The summed E-state index contributed by atoms with van der Waals surface area (Å²) in [6.45, 7) is 2.45. The van der Waals surface area contributed by atoms with Crippen LogP contribution in [0.2, 0.25) is 0 Å². The normalized spacial score (nSPS) is 15.3. The van der Waals surface area contributed by atoms with Gasteiger partial charge in [0.25, 0.3) is 0 Å². The number of anilines is 2. The van der Waals surface area contributed by atoms with Gasteiger partial charge in [-0.05, 0) is 100 Å². The van der Waals surface area contributed by atoms with E-state index in [1.807, 2.05) is 25.1 Å². The summed E-state index contributed by atoms with van der Waals surface area (Å²) in [6.07, 6.45) is 5.92. The van der Waals surface area contributed by atoms with Gasteiger partial charge in [0, 0.05) is 3.57 Å². The summed E-state index contributed by atoms with van der Waals surface area (Å²) < 4.78 is 30.0. The molecule has 1 aliphatic rings. The molecule has 0 radical (unpaired) electrons. The highest BCUT2D eigenvalue weighted by atomic mass is 127. The number of rotatable bonds is 5. The van der Waals surface area contributed by atoms with Crippen molar-refractivity contribution in [1.82, 2.24) is 0 Å². The summed E-state index contributed by atoms with van der Waals surface area (Å²) in [5.74, 6) is -1.36. The van der Waals surface area contributed by atoms with Crippen molar-refractivity contribution >= 4 is 49.9 Å². The van der Waals surface area contributed by atoms with E-state index in [4.69, 9.17) is 4.84 Å². The van der Waals surface area contributed by atoms with E-state index in [9.17, 15) is 8.78 Å². The zero-order chi connectivity index (χ0) is 18.7. The minimum absolute atomic E-state index is 0.0887. The van der Waals surface area contributed by atoms with E-state index in [0.29, 0.717) is 12.5 Å².